The third-order valence-electron chi connectivity index (χ3n) is 4.61. The van der Waals surface area contributed by atoms with Gasteiger partial charge in [0.05, 0.1) is 22.9 Å². The quantitative estimate of drug-likeness (QED) is 0.624. The highest BCUT2D eigenvalue weighted by molar-refractivity contribution is 7.10. The Balaban J connectivity index is 1.96. The first kappa shape index (κ1) is 18.6. The Morgan fingerprint density at radius 3 is 2.61 bits per heavy atom. The molecule has 3 heterocycles. The van der Waals surface area contributed by atoms with Gasteiger partial charge >= 0.3 is 5.97 Å². The van der Waals surface area contributed by atoms with Crippen molar-refractivity contribution in [3.05, 3.63) is 88.7 Å². The number of hydrogen-bond donors (Lipinski definition) is 0. The third kappa shape index (κ3) is 3.16. The van der Waals surface area contributed by atoms with Gasteiger partial charge in [0.1, 0.15) is 6.04 Å². The van der Waals surface area contributed by atoms with E-state index in [1.165, 1.54) is 29.8 Å². The minimum Gasteiger partial charge on any atom is -0.466 e. The van der Waals surface area contributed by atoms with Gasteiger partial charge in [-0.25, -0.2) is 9.79 Å². The molecule has 5 nitrogen and oxygen atoms in total. The molecule has 0 spiro atoms. The second-order valence-corrected chi connectivity index (χ2v) is 8.49. The van der Waals surface area contributed by atoms with Crippen LogP contribution in [0.3, 0.4) is 0 Å². The lowest BCUT2D eigenvalue weighted by Crippen LogP contribution is -2.39. The fourth-order valence-corrected chi connectivity index (χ4v) is 5.09. The number of methoxy groups -OCH3 is 1. The maximum absolute atomic E-state index is 13.3. The van der Waals surface area contributed by atoms with Gasteiger partial charge in [0.2, 0.25) is 0 Å². The smallest absolute Gasteiger partial charge is 0.338 e. The van der Waals surface area contributed by atoms with E-state index in [2.05, 4.69) is 4.99 Å². The monoisotopic (exact) mass is 410 g/mol. The number of thiazole rings is 1. The van der Waals surface area contributed by atoms with E-state index in [1.807, 2.05) is 54.8 Å². The molecule has 7 heteroatoms. The van der Waals surface area contributed by atoms with Crippen molar-refractivity contribution < 1.29 is 9.53 Å². The van der Waals surface area contributed by atoms with Crippen molar-refractivity contribution in [2.75, 3.05) is 7.11 Å². The van der Waals surface area contributed by atoms with Crippen LogP contribution in [0.5, 0.6) is 0 Å². The summed E-state index contributed by atoms with van der Waals surface area (Å²) in [5.74, 6) is -0.465. The molecular weight excluding hydrogens is 392 g/mol. The van der Waals surface area contributed by atoms with Crippen molar-refractivity contribution in [1.82, 2.24) is 4.57 Å². The van der Waals surface area contributed by atoms with Gasteiger partial charge in [-0.1, -0.05) is 47.2 Å². The molecule has 0 amide bonds. The fourth-order valence-electron chi connectivity index (χ4n) is 3.22. The molecule has 0 saturated heterocycles. The molecule has 1 aliphatic heterocycles. The molecule has 142 valence electrons. The van der Waals surface area contributed by atoms with Crippen LogP contribution >= 0.6 is 22.7 Å². The molecule has 1 atom stereocenters. The van der Waals surface area contributed by atoms with E-state index in [1.54, 1.807) is 11.5 Å². The summed E-state index contributed by atoms with van der Waals surface area (Å²) in [5, 5.41) is 1.93. The van der Waals surface area contributed by atoms with Gasteiger partial charge in [-0.05, 0) is 36.9 Å². The lowest BCUT2D eigenvalue weighted by atomic mass is 10.0. The molecule has 4 rings (SSSR count). The maximum Gasteiger partial charge on any atom is 0.338 e. The summed E-state index contributed by atoms with van der Waals surface area (Å²) in [5.41, 5.74) is 2.94. The Kier molecular flexibility index (Phi) is 4.87. The summed E-state index contributed by atoms with van der Waals surface area (Å²) in [6, 6.07) is 11.3. The van der Waals surface area contributed by atoms with E-state index >= 15 is 0 Å². The Bertz CT molecular complexity index is 1250. The molecular formula is C21H18N2O3S2. The fraction of sp³-hybridized carbons (Fsp3) is 0.190. The van der Waals surface area contributed by atoms with E-state index in [-0.39, 0.29) is 5.56 Å². The van der Waals surface area contributed by atoms with Crippen LogP contribution in [0.15, 0.2) is 62.8 Å². The molecule has 0 radical (unpaired) electrons. The Morgan fingerprint density at radius 2 is 1.96 bits per heavy atom. The number of esters is 1. The van der Waals surface area contributed by atoms with Gasteiger partial charge in [0, 0.05) is 4.88 Å². The molecule has 1 aliphatic rings. The van der Waals surface area contributed by atoms with E-state index in [9.17, 15) is 9.59 Å². The first-order chi connectivity index (χ1) is 13.5. The largest absolute Gasteiger partial charge is 0.466 e. The normalized spacial score (nSPS) is 16.7. The Labute approximate surface area is 169 Å². The predicted molar refractivity (Wildman–Crippen MR) is 111 cm³/mol. The molecule has 1 unspecified atom stereocenters. The zero-order chi connectivity index (χ0) is 19.8. The number of thiophene rings is 1. The number of carbonyl (C=O) groups is 1. The number of aromatic nitrogens is 1. The summed E-state index contributed by atoms with van der Waals surface area (Å²) in [6.45, 7) is 3.81. The molecule has 0 fully saturated rings. The van der Waals surface area contributed by atoms with Gasteiger partial charge in [0.15, 0.2) is 4.80 Å². The van der Waals surface area contributed by atoms with Crippen LogP contribution in [-0.2, 0) is 9.53 Å². The number of nitrogens with zero attached hydrogens (tertiary/aromatic N) is 2. The van der Waals surface area contributed by atoms with Crippen LogP contribution in [-0.4, -0.2) is 17.6 Å². The van der Waals surface area contributed by atoms with Crippen molar-refractivity contribution in [3.8, 4) is 0 Å². The molecule has 2 aromatic heterocycles. The number of aryl methyl sites for hydroxylation is 1. The zero-order valence-electron chi connectivity index (χ0n) is 15.6. The summed E-state index contributed by atoms with van der Waals surface area (Å²) in [7, 11) is 1.34. The lowest BCUT2D eigenvalue weighted by Gasteiger charge is -2.22. The summed E-state index contributed by atoms with van der Waals surface area (Å²) < 4.78 is 7.18. The number of ether oxygens (including phenoxy) is 1. The molecule has 0 aliphatic carbocycles. The number of hydrogen-bond acceptors (Lipinski definition) is 6. The summed E-state index contributed by atoms with van der Waals surface area (Å²) in [6.07, 6.45) is 1.87. The molecule has 1 aromatic carbocycles. The topological polar surface area (TPSA) is 60.7 Å². The number of carbonyl (C=O) groups excluding carboxylic acids is 1. The third-order valence-corrected chi connectivity index (χ3v) is 6.52. The number of allylic oxidation sites excluding steroid dienone is 1. The van der Waals surface area contributed by atoms with Gasteiger partial charge in [-0.3, -0.25) is 9.36 Å². The number of fused-ring (bicyclic) bond motifs is 1. The average Bonchev–Trinajstić information content (AvgIpc) is 3.31. The van der Waals surface area contributed by atoms with Gasteiger partial charge < -0.3 is 4.74 Å². The lowest BCUT2D eigenvalue weighted by molar-refractivity contribution is -0.136. The Morgan fingerprint density at radius 1 is 1.21 bits per heavy atom. The standard InChI is InChI=1S/C21H18N2O3S2/c1-12-6-8-14(9-7-12)11-16-19(24)23-18(15-5-4-10-27-15)17(20(25)26-3)13(2)22-21(23)28-16/h4-11,18H,1-3H3. The highest BCUT2D eigenvalue weighted by Gasteiger charge is 2.33. The van der Waals surface area contributed by atoms with Gasteiger partial charge in [-0.15, -0.1) is 11.3 Å². The van der Waals surface area contributed by atoms with Crippen LogP contribution in [0.4, 0.5) is 0 Å². The number of benzene rings is 1. The highest BCUT2D eigenvalue weighted by Crippen LogP contribution is 2.32. The minimum absolute atomic E-state index is 0.156. The van der Waals surface area contributed by atoms with Crippen LogP contribution in [0.25, 0.3) is 6.08 Å². The summed E-state index contributed by atoms with van der Waals surface area (Å²) >= 11 is 2.84. The first-order valence-electron chi connectivity index (χ1n) is 8.70. The van der Waals surface area contributed by atoms with Crippen molar-refractivity contribution in [2.45, 2.75) is 19.9 Å². The molecule has 28 heavy (non-hydrogen) atoms. The van der Waals surface area contributed by atoms with Crippen LogP contribution < -0.4 is 14.9 Å². The van der Waals surface area contributed by atoms with E-state index < -0.39 is 12.0 Å². The first-order valence-corrected chi connectivity index (χ1v) is 10.4. The molecule has 0 saturated carbocycles. The molecule has 0 bridgehead atoms. The zero-order valence-corrected chi connectivity index (χ0v) is 17.3. The van der Waals surface area contributed by atoms with Crippen molar-refractivity contribution in [1.29, 1.82) is 0 Å². The van der Waals surface area contributed by atoms with E-state index in [0.29, 0.717) is 20.6 Å². The Hall–Kier alpha value is -2.77. The van der Waals surface area contributed by atoms with E-state index in [4.69, 9.17) is 4.74 Å². The second kappa shape index (κ2) is 7.33. The second-order valence-electron chi connectivity index (χ2n) is 6.50. The van der Waals surface area contributed by atoms with Crippen molar-refractivity contribution in [3.63, 3.8) is 0 Å². The highest BCUT2D eigenvalue weighted by atomic mass is 32.1. The van der Waals surface area contributed by atoms with E-state index in [0.717, 1.165) is 16.0 Å². The van der Waals surface area contributed by atoms with Gasteiger partial charge in [-0.2, -0.15) is 0 Å². The minimum atomic E-state index is -0.524. The van der Waals surface area contributed by atoms with Gasteiger partial charge in [0.25, 0.3) is 5.56 Å². The van der Waals surface area contributed by atoms with Crippen molar-refractivity contribution in [2.24, 2.45) is 4.99 Å². The van der Waals surface area contributed by atoms with Crippen molar-refractivity contribution >= 4 is 34.7 Å². The molecule has 0 N–H and O–H groups in total. The van der Waals surface area contributed by atoms with Crippen LogP contribution in [0.2, 0.25) is 0 Å². The predicted octanol–water partition coefficient (Wildman–Crippen LogP) is 2.78. The SMILES string of the molecule is COC(=O)C1=C(C)N=c2sc(=Cc3ccc(C)cc3)c(=O)n2C1c1cccs1. The maximum atomic E-state index is 13.3. The van der Waals surface area contributed by atoms with Crippen LogP contribution in [0.1, 0.15) is 29.0 Å². The van der Waals surface area contributed by atoms with Crippen LogP contribution in [0, 0.1) is 6.92 Å². The molecule has 3 aromatic rings. The number of rotatable bonds is 3. The summed E-state index contributed by atoms with van der Waals surface area (Å²) in [4.78, 5) is 31.8. The average molecular weight is 411 g/mol.